The van der Waals surface area contributed by atoms with E-state index < -0.39 is 0 Å². The van der Waals surface area contributed by atoms with E-state index in [2.05, 4.69) is 22.5 Å². The van der Waals surface area contributed by atoms with E-state index in [-0.39, 0.29) is 5.91 Å². The number of halogens is 1. The smallest absolute Gasteiger partial charge is 0.254 e. The number of carbonyl (C=O) groups is 1. The molecule has 0 heterocycles. The van der Waals surface area contributed by atoms with Crippen molar-refractivity contribution in [3.63, 3.8) is 0 Å². The van der Waals surface area contributed by atoms with Crippen LogP contribution < -0.4 is 0 Å². The summed E-state index contributed by atoms with van der Waals surface area (Å²) in [4.78, 5) is 13.8. The summed E-state index contributed by atoms with van der Waals surface area (Å²) in [7, 11) is 1.79. The van der Waals surface area contributed by atoms with Gasteiger partial charge in [0, 0.05) is 23.6 Å². The lowest BCUT2D eigenvalue weighted by molar-refractivity contribution is 0.0806. The molecule has 0 aliphatic heterocycles. The summed E-state index contributed by atoms with van der Waals surface area (Å²) in [6.07, 6.45) is 0. The Bertz CT molecular complexity index is 426. The molecule has 0 unspecified atom stereocenters. The molecule has 16 heavy (non-hydrogen) atoms. The van der Waals surface area contributed by atoms with Crippen LogP contribution in [0.15, 0.2) is 34.8 Å². The summed E-state index contributed by atoms with van der Waals surface area (Å²) in [6, 6.07) is 5.73. The number of rotatable bonds is 3. The van der Waals surface area contributed by atoms with Crippen LogP contribution in [0.3, 0.4) is 0 Å². The van der Waals surface area contributed by atoms with Crippen LogP contribution in [0.4, 0.5) is 0 Å². The molecular formula is C13H16BrNO. The molecule has 0 aliphatic rings. The quantitative estimate of drug-likeness (QED) is 0.778. The highest BCUT2D eigenvalue weighted by Crippen LogP contribution is 2.17. The molecule has 1 aromatic carbocycles. The van der Waals surface area contributed by atoms with Crippen LogP contribution in [0.2, 0.25) is 0 Å². The van der Waals surface area contributed by atoms with Gasteiger partial charge in [-0.05, 0) is 31.5 Å². The fourth-order valence-corrected chi connectivity index (χ4v) is 1.87. The van der Waals surface area contributed by atoms with Crippen LogP contribution in [0.5, 0.6) is 0 Å². The molecular weight excluding hydrogens is 266 g/mol. The van der Waals surface area contributed by atoms with Crippen LogP contribution in [0.25, 0.3) is 0 Å². The Hall–Kier alpha value is -1.09. The SMILES string of the molecule is C=C(C)CN(C)C(=O)c1cc(Br)ccc1C. The molecule has 0 N–H and O–H groups in total. The number of carbonyl (C=O) groups excluding carboxylic acids is 1. The van der Waals surface area contributed by atoms with E-state index in [4.69, 9.17) is 0 Å². The van der Waals surface area contributed by atoms with Gasteiger partial charge >= 0.3 is 0 Å². The van der Waals surface area contributed by atoms with Gasteiger partial charge in [0.25, 0.3) is 5.91 Å². The van der Waals surface area contributed by atoms with Gasteiger partial charge in [-0.3, -0.25) is 4.79 Å². The lowest BCUT2D eigenvalue weighted by Gasteiger charge is -2.18. The summed E-state index contributed by atoms with van der Waals surface area (Å²) >= 11 is 3.38. The molecule has 0 saturated heterocycles. The molecule has 0 fully saturated rings. The van der Waals surface area contributed by atoms with E-state index in [0.717, 1.165) is 21.2 Å². The van der Waals surface area contributed by atoms with Crippen molar-refractivity contribution in [2.45, 2.75) is 13.8 Å². The first-order valence-electron chi connectivity index (χ1n) is 5.08. The van der Waals surface area contributed by atoms with Gasteiger partial charge in [0.1, 0.15) is 0 Å². The topological polar surface area (TPSA) is 20.3 Å². The van der Waals surface area contributed by atoms with Gasteiger partial charge in [0.15, 0.2) is 0 Å². The monoisotopic (exact) mass is 281 g/mol. The van der Waals surface area contributed by atoms with Crippen molar-refractivity contribution in [2.24, 2.45) is 0 Å². The third-order valence-corrected chi connectivity index (χ3v) is 2.78. The van der Waals surface area contributed by atoms with Gasteiger partial charge < -0.3 is 4.90 Å². The number of aryl methyl sites for hydroxylation is 1. The molecule has 0 saturated carbocycles. The van der Waals surface area contributed by atoms with Crippen molar-refractivity contribution in [2.75, 3.05) is 13.6 Å². The fraction of sp³-hybridized carbons (Fsp3) is 0.308. The molecule has 0 atom stereocenters. The second kappa shape index (κ2) is 5.30. The lowest BCUT2D eigenvalue weighted by Crippen LogP contribution is -2.28. The van der Waals surface area contributed by atoms with Crippen molar-refractivity contribution < 1.29 is 4.79 Å². The van der Waals surface area contributed by atoms with E-state index >= 15 is 0 Å². The first-order chi connectivity index (χ1) is 7.41. The average molecular weight is 282 g/mol. The summed E-state index contributed by atoms with van der Waals surface area (Å²) in [5.74, 6) is 0.0294. The zero-order valence-corrected chi connectivity index (χ0v) is 11.5. The first-order valence-corrected chi connectivity index (χ1v) is 5.87. The maximum atomic E-state index is 12.1. The molecule has 0 aliphatic carbocycles. The fourth-order valence-electron chi connectivity index (χ4n) is 1.51. The highest BCUT2D eigenvalue weighted by atomic mass is 79.9. The number of hydrogen-bond acceptors (Lipinski definition) is 1. The molecule has 1 aromatic rings. The van der Waals surface area contributed by atoms with Gasteiger partial charge in [-0.1, -0.05) is 34.1 Å². The van der Waals surface area contributed by atoms with Crippen molar-refractivity contribution >= 4 is 21.8 Å². The van der Waals surface area contributed by atoms with E-state index in [1.165, 1.54) is 0 Å². The number of amides is 1. The highest BCUT2D eigenvalue weighted by Gasteiger charge is 2.14. The minimum atomic E-state index is 0.0294. The van der Waals surface area contributed by atoms with Gasteiger partial charge in [0.05, 0.1) is 0 Å². The number of nitrogens with zero attached hydrogens (tertiary/aromatic N) is 1. The minimum Gasteiger partial charge on any atom is -0.338 e. The lowest BCUT2D eigenvalue weighted by atomic mass is 10.1. The van der Waals surface area contributed by atoms with E-state index in [1.54, 1.807) is 11.9 Å². The molecule has 3 heteroatoms. The number of likely N-dealkylation sites (N-methyl/N-ethyl adjacent to an activating group) is 1. The van der Waals surface area contributed by atoms with Crippen LogP contribution in [-0.2, 0) is 0 Å². The van der Waals surface area contributed by atoms with Crippen LogP contribution in [-0.4, -0.2) is 24.4 Å². The standard InChI is InChI=1S/C13H16BrNO/c1-9(2)8-15(4)13(16)12-7-11(14)6-5-10(12)3/h5-7H,1,8H2,2-4H3. The maximum absolute atomic E-state index is 12.1. The Kier molecular flexibility index (Phi) is 4.30. The molecule has 2 nitrogen and oxygen atoms in total. The van der Waals surface area contributed by atoms with Gasteiger partial charge in [-0.2, -0.15) is 0 Å². The summed E-state index contributed by atoms with van der Waals surface area (Å²) in [5.41, 5.74) is 2.70. The largest absolute Gasteiger partial charge is 0.338 e. The molecule has 0 radical (unpaired) electrons. The predicted molar refractivity (Wildman–Crippen MR) is 70.7 cm³/mol. The Morgan fingerprint density at radius 2 is 2.12 bits per heavy atom. The van der Waals surface area contributed by atoms with Crippen LogP contribution in [0, 0.1) is 6.92 Å². The Morgan fingerprint density at radius 3 is 2.69 bits per heavy atom. The molecule has 0 aromatic heterocycles. The van der Waals surface area contributed by atoms with Crippen molar-refractivity contribution in [1.82, 2.24) is 4.90 Å². The zero-order valence-electron chi connectivity index (χ0n) is 9.88. The third-order valence-electron chi connectivity index (χ3n) is 2.28. The van der Waals surface area contributed by atoms with Crippen LogP contribution in [0.1, 0.15) is 22.8 Å². The maximum Gasteiger partial charge on any atom is 0.254 e. The highest BCUT2D eigenvalue weighted by molar-refractivity contribution is 9.10. The Labute approximate surface area is 105 Å². The van der Waals surface area contributed by atoms with Gasteiger partial charge in [0.2, 0.25) is 0 Å². The first kappa shape index (κ1) is 13.0. The van der Waals surface area contributed by atoms with Crippen molar-refractivity contribution in [3.05, 3.63) is 46.0 Å². The molecule has 86 valence electrons. The van der Waals surface area contributed by atoms with E-state index in [0.29, 0.717) is 6.54 Å². The zero-order chi connectivity index (χ0) is 12.3. The summed E-state index contributed by atoms with van der Waals surface area (Å²) in [6.45, 7) is 8.25. The molecule has 0 spiro atoms. The predicted octanol–water partition coefficient (Wildman–Crippen LogP) is 3.41. The molecule has 1 rings (SSSR count). The van der Waals surface area contributed by atoms with Crippen molar-refractivity contribution in [1.29, 1.82) is 0 Å². The summed E-state index contributed by atoms with van der Waals surface area (Å²) < 4.78 is 0.921. The molecule has 0 bridgehead atoms. The molecule has 1 amide bonds. The second-order valence-electron chi connectivity index (χ2n) is 4.08. The van der Waals surface area contributed by atoms with Crippen molar-refractivity contribution in [3.8, 4) is 0 Å². The summed E-state index contributed by atoms with van der Waals surface area (Å²) in [5, 5.41) is 0. The van der Waals surface area contributed by atoms with E-state index in [1.807, 2.05) is 32.0 Å². The number of benzene rings is 1. The minimum absolute atomic E-state index is 0.0294. The average Bonchev–Trinajstić information content (AvgIpc) is 2.19. The van der Waals surface area contributed by atoms with Gasteiger partial charge in [-0.25, -0.2) is 0 Å². The Balaban J connectivity index is 2.95. The van der Waals surface area contributed by atoms with E-state index in [9.17, 15) is 4.79 Å². The van der Waals surface area contributed by atoms with Crippen LogP contribution >= 0.6 is 15.9 Å². The normalized spacial score (nSPS) is 10.0. The third kappa shape index (κ3) is 3.20. The van der Waals surface area contributed by atoms with Gasteiger partial charge in [-0.15, -0.1) is 0 Å². The number of hydrogen-bond donors (Lipinski definition) is 0. The second-order valence-corrected chi connectivity index (χ2v) is 4.99. The Morgan fingerprint density at radius 1 is 1.50 bits per heavy atom.